The maximum Gasteiger partial charge on any atom is 0.257 e. The van der Waals surface area contributed by atoms with Gasteiger partial charge in [-0.05, 0) is 23.6 Å². The summed E-state index contributed by atoms with van der Waals surface area (Å²) in [5.74, 6) is 0.405. The summed E-state index contributed by atoms with van der Waals surface area (Å²) in [6.45, 7) is 3.57. The minimum Gasteiger partial charge on any atom is -0.370 e. The van der Waals surface area contributed by atoms with Gasteiger partial charge in [0.1, 0.15) is 6.54 Å². The van der Waals surface area contributed by atoms with E-state index in [1.807, 2.05) is 24.3 Å². The number of benzene rings is 1. The van der Waals surface area contributed by atoms with Gasteiger partial charge in [-0.25, -0.2) is 13.8 Å². The van der Waals surface area contributed by atoms with Gasteiger partial charge in [0.25, 0.3) is 6.43 Å². The number of hydrogen-bond acceptors (Lipinski definition) is 1. The van der Waals surface area contributed by atoms with E-state index in [4.69, 9.17) is 5.73 Å². The van der Waals surface area contributed by atoms with Crippen LogP contribution in [0.3, 0.4) is 0 Å². The number of anilines is 1. The summed E-state index contributed by atoms with van der Waals surface area (Å²) in [6.07, 6.45) is -2.47. The van der Waals surface area contributed by atoms with Crippen LogP contribution in [0.5, 0.6) is 0 Å². The third kappa shape index (κ3) is 4.80. The van der Waals surface area contributed by atoms with Crippen LogP contribution in [0.1, 0.15) is 25.3 Å². The molecule has 0 saturated carbocycles. The second-order valence-electron chi connectivity index (χ2n) is 4.02. The molecule has 0 heterocycles. The lowest BCUT2D eigenvalue weighted by atomic mass is 10.0. The topological polar surface area (TPSA) is 50.4 Å². The fourth-order valence-corrected chi connectivity index (χ4v) is 1.33. The van der Waals surface area contributed by atoms with Crippen molar-refractivity contribution in [2.24, 2.45) is 10.7 Å². The van der Waals surface area contributed by atoms with E-state index in [2.05, 4.69) is 24.2 Å². The van der Waals surface area contributed by atoms with Crippen molar-refractivity contribution in [3.63, 3.8) is 0 Å². The minimum absolute atomic E-state index is 0.00575. The van der Waals surface area contributed by atoms with Crippen LogP contribution in [0.4, 0.5) is 14.5 Å². The molecule has 0 saturated heterocycles. The molecule has 0 aromatic heterocycles. The Labute approximate surface area is 99.7 Å². The highest BCUT2D eigenvalue weighted by Crippen LogP contribution is 2.18. The van der Waals surface area contributed by atoms with E-state index in [9.17, 15) is 8.78 Å². The fourth-order valence-electron chi connectivity index (χ4n) is 1.33. The molecule has 0 spiro atoms. The lowest BCUT2D eigenvalue weighted by molar-refractivity contribution is 0.158. The van der Waals surface area contributed by atoms with Gasteiger partial charge in [0.2, 0.25) is 0 Å². The van der Waals surface area contributed by atoms with E-state index in [0.29, 0.717) is 5.92 Å². The average Bonchev–Trinajstić information content (AvgIpc) is 2.26. The molecular formula is C12H17F2N3. The Bertz CT molecular complexity index is 389. The zero-order valence-corrected chi connectivity index (χ0v) is 9.95. The standard InChI is InChI=1S/C12H17F2N3/c1-8(2)9-4-3-5-10(6-9)17-12(15)16-7-11(13)14/h3-6,8,11H,7H2,1-2H3,(H3,15,16,17). The second-order valence-corrected chi connectivity index (χ2v) is 4.02. The Balaban J connectivity index is 2.68. The summed E-state index contributed by atoms with van der Waals surface area (Å²) >= 11 is 0. The van der Waals surface area contributed by atoms with Gasteiger partial charge in [-0.1, -0.05) is 26.0 Å². The van der Waals surface area contributed by atoms with Crippen LogP contribution < -0.4 is 11.1 Å². The molecule has 0 amide bonds. The van der Waals surface area contributed by atoms with Gasteiger partial charge >= 0.3 is 0 Å². The molecule has 1 aromatic rings. The number of hydrogen-bond donors (Lipinski definition) is 2. The second kappa shape index (κ2) is 6.18. The number of alkyl halides is 2. The highest BCUT2D eigenvalue weighted by atomic mass is 19.3. The highest BCUT2D eigenvalue weighted by Gasteiger charge is 2.03. The predicted octanol–water partition coefficient (Wildman–Crippen LogP) is 2.80. The first-order valence-electron chi connectivity index (χ1n) is 5.44. The first kappa shape index (κ1) is 13.4. The third-order valence-corrected chi connectivity index (χ3v) is 2.23. The van der Waals surface area contributed by atoms with E-state index < -0.39 is 13.0 Å². The van der Waals surface area contributed by atoms with Crippen molar-refractivity contribution in [2.45, 2.75) is 26.2 Å². The smallest absolute Gasteiger partial charge is 0.257 e. The fraction of sp³-hybridized carbons (Fsp3) is 0.417. The summed E-state index contributed by atoms with van der Waals surface area (Å²) < 4.78 is 23.8. The zero-order chi connectivity index (χ0) is 12.8. The van der Waals surface area contributed by atoms with Gasteiger partial charge in [0.15, 0.2) is 5.96 Å². The maximum atomic E-state index is 11.9. The molecule has 0 radical (unpaired) electrons. The molecule has 3 N–H and O–H groups in total. The zero-order valence-electron chi connectivity index (χ0n) is 9.95. The summed E-state index contributed by atoms with van der Waals surface area (Å²) in [5, 5.41) is 2.79. The Morgan fingerprint density at radius 2 is 2.12 bits per heavy atom. The Morgan fingerprint density at radius 1 is 1.41 bits per heavy atom. The van der Waals surface area contributed by atoms with Crippen LogP contribution in [0.15, 0.2) is 29.3 Å². The van der Waals surface area contributed by atoms with Crippen LogP contribution >= 0.6 is 0 Å². The first-order valence-corrected chi connectivity index (χ1v) is 5.44. The maximum absolute atomic E-state index is 11.9. The Hall–Kier alpha value is -1.65. The average molecular weight is 241 g/mol. The normalized spacial score (nSPS) is 12.2. The molecule has 0 aliphatic heterocycles. The summed E-state index contributed by atoms with van der Waals surface area (Å²) in [5.41, 5.74) is 7.39. The van der Waals surface area contributed by atoms with Crippen molar-refractivity contribution in [1.82, 2.24) is 0 Å². The Kier molecular flexibility index (Phi) is 4.87. The summed E-state index contributed by atoms with van der Waals surface area (Å²) in [7, 11) is 0. The van der Waals surface area contributed by atoms with Gasteiger partial charge in [-0.3, -0.25) is 0 Å². The van der Waals surface area contributed by atoms with Crippen molar-refractivity contribution in [3.8, 4) is 0 Å². The quantitative estimate of drug-likeness (QED) is 0.629. The number of guanidine groups is 1. The molecule has 0 fully saturated rings. The number of nitrogens with two attached hydrogens (primary N) is 1. The lowest BCUT2D eigenvalue weighted by Crippen LogP contribution is -2.23. The molecular weight excluding hydrogens is 224 g/mol. The summed E-state index contributed by atoms with van der Waals surface area (Å²) in [4.78, 5) is 3.53. The van der Waals surface area contributed by atoms with Gasteiger partial charge in [-0.2, -0.15) is 0 Å². The molecule has 17 heavy (non-hydrogen) atoms. The van der Waals surface area contributed by atoms with Crippen LogP contribution in [0.2, 0.25) is 0 Å². The number of rotatable bonds is 4. The van der Waals surface area contributed by atoms with Crippen molar-refractivity contribution in [3.05, 3.63) is 29.8 Å². The lowest BCUT2D eigenvalue weighted by Gasteiger charge is -2.09. The SMILES string of the molecule is CC(C)c1cccc(NC(N)=NCC(F)F)c1. The first-order chi connectivity index (χ1) is 7.99. The third-order valence-electron chi connectivity index (χ3n) is 2.23. The van der Waals surface area contributed by atoms with E-state index in [1.165, 1.54) is 0 Å². The van der Waals surface area contributed by atoms with Crippen LogP contribution in [-0.2, 0) is 0 Å². The Morgan fingerprint density at radius 3 is 2.71 bits per heavy atom. The molecule has 0 aliphatic carbocycles. The van der Waals surface area contributed by atoms with Crippen molar-refractivity contribution in [1.29, 1.82) is 0 Å². The highest BCUT2D eigenvalue weighted by molar-refractivity contribution is 5.92. The molecule has 0 unspecified atom stereocenters. The molecule has 3 nitrogen and oxygen atoms in total. The van der Waals surface area contributed by atoms with Gasteiger partial charge < -0.3 is 11.1 Å². The van der Waals surface area contributed by atoms with Gasteiger partial charge in [0.05, 0.1) is 0 Å². The predicted molar refractivity (Wildman–Crippen MR) is 66.6 cm³/mol. The molecule has 0 aliphatic rings. The molecule has 1 rings (SSSR count). The molecule has 0 bridgehead atoms. The van der Waals surface area contributed by atoms with E-state index in [-0.39, 0.29) is 5.96 Å². The van der Waals surface area contributed by atoms with Gasteiger partial charge in [-0.15, -0.1) is 0 Å². The minimum atomic E-state index is -2.47. The summed E-state index contributed by atoms with van der Waals surface area (Å²) in [6, 6.07) is 7.63. The van der Waals surface area contributed by atoms with Crippen LogP contribution in [-0.4, -0.2) is 18.9 Å². The van der Waals surface area contributed by atoms with Crippen molar-refractivity contribution >= 4 is 11.6 Å². The number of nitrogens with one attached hydrogen (secondary N) is 1. The number of halogens is 2. The number of aliphatic imine (C=N–C) groups is 1. The molecule has 0 atom stereocenters. The van der Waals surface area contributed by atoms with Crippen molar-refractivity contribution < 1.29 is 8.78 Å². The van der Waals surface area contributed by atoms with E-state index in [0.717, 1.165) is 11.3 Å². The molecule has 5 heteroatoms. The largest absolute Gasteiger partial charge is 0.370 e. The van der Waals surface area contributed by atoms with Crippen LogP contribution in [0, 0.1) is 0 Å². The number of nitrogens with zero attached hydrogens (tertiary/aromatic N) is 1. The van der Waals surface area contributed by atoms with Crippen molar-refractivity contribution in [2.75, 3.05) is 11.9 Å². The molecule has 1 aromatic carbocycles. The van der Waals surface area contributed by atoms with Crippen LogP contribution in [0.25, 0.3) is 0 Å². The van der Waals surface area contributed by atoms with Gasteiger partial charge in [0, 0.05) is 5.69 Å². The van der Waals surface area contributed by atoms with E-state index in [1.54, 1.807) is 0 Å². The monoisotopic (exact) mass is 241 g/mol. The molecule has 94 valence electrons. The van der Waals surface area contributed by atoms with E-state index >= 15 is 0 Å².